The Bertz CT molecular complexity index is 468. The molecular formula is C11H15ClF3N5. The van der Waals surface area contributed by atoms with Crippen molar-refractivity contribution in [3.05, 3.63) is 11.5 Å². The molecule has 1 aromatic heterocycles. The van der Waals surface area contributed by atoms with Crippen LogP contribution in [-0.4, -0.2) is 53.8 Å². The molecule has 5 nitrogen and oxygen atoms in total. The first kappa shape index (κ1) is 15.1. The van der Waals surface area contributed by atoms with Gasteiger partial charge in [-0.05, 0) is 6.42 Å². The number of hydrogen-bond donors (Lipinski definition) is 2. The molecule has 1 aliphatic rings. The van der Waals surface area contributed by atoms with E-state index in [1.165, 1.54) is 11.2 Å². The summed E-state index contributed by atoms with van der Waals surface area (Å²) in [6.45, 7) is -0.149. The second-order valence-electron chi connectivity index (χ2n) is 4.62. The summed E-state index contributed by atoms with van der Waals surface area (Å²) in [5.74, 6) is 0.506. The molecule has 1 atom stereocenters. The Morgan fingerprint density at radius 3 is 2.85 bits per heavy atom. The molecule has 1 aliphatic heterocycles. The van der Waals surface area contributed by atoms with Gasteiger partial charge < -0.3 is 10.6 Å². The number of aromatic nitrogens is 2. The van der Waals surface area contributed by atoms with Crippen molar-refractivity contribution in [2.75, 3.05) is 37.3 Å². The summed E-state index contributed by atoms with van der Waals surface area (Å²) in [7, 11) is 1.68. The Kier molecular flexibility index (Phi) is 4.54. The number of halogens is 4. The van der Waals surface area contributed by atoms with E-state index in [1.54, 1.807) is 7.05 Å². The number of alkyl halides is 3. The van der Waals surface area contributed by atoms with Crippen molar-refractivity contribution >= 4 is 23.1 Å². The fourth-order valence-electron chi connectivity index (χ4n) is 2.24. The molecule has 0 aliphatic carbocycles. The molecule has 1 unspecified atom stereocenters. The highest BCUT2D eigenvalue weighted by atomic mass is 35.5. The average Bonchev–Trinajstić information content (AvgIpc) is 2.74. The summed E-state index contributed by atoms with van der Waals surface area (Å²) in [6.07, 6.45) is -2.22. The highest BCUT2D eigenvalue weighted by molar-refractivity contribution is 6.32. The standard InChI is InChI=1S/C11H15ClF3N5/c1-16-8-9(12)17-6-18-10(8)19-7-2-3-20(4-7)5-11(13,14)15/h6-7,16H,2-5H2,1H3,(H,17,18,19). The van der Waals surface area contributed by atoms with Gasteiger partial charge in [0, 0.05) is 26.2 Å². The molecule has 9 heteroatoms. The van der Waals surface area contributed by atoms with E-state index in [1.807, 2.05) is 0 Å². The zero-order valence-electron chi connectivity index (χ0n) is 10.8. The maximum Gasteiger partial charge on any atom is 0.401 e. The van der Waals surface area contributed by atoms with Crippen molar-refractivity contribution in [3.8, 4) is 0 Å². The second-order valence-corrected chi connectivity index (χ2v) is 4.98. The van der Waals surface area contributed by atoms with Crippen LogP contribution in [0.15, 0.2) is 6.33 Å². The van der Waals surface area contributed by atoms with Crippen LogP contribution in [0.2, 0.25) is 5.15 Å². The van der Waals surface area contributed by atoms with E-state index in [0.717, 1.165) is 0 Å². The lowest BCUT2D eigenvalue weighted by atomic mass is 10.2. The molecule has 20 heavy (non-hydrogen) atoms. The SMILES string of the molecule is CNc1c(Cl)ncnc1NC1CCN(CC(F)(F)F)C1. The van der Waals surface area contributed by atoms with Crippen LogP contribution in [0.5, 0.6) is 0 Å². The Hall–Kier alpha value is -1.28. The zero-order valence-corrected chi connectivity index (χ0v) is 11.6. The zero-order chi connectivity index (χ0) is 14.8. The summed E-state index contributed by atoms with van der Waals surface area (Å²) >= 11 is 5.92. The molecule has 0 bridgehead atoms. The van der Waals surface area contributed by atoms with Gasteiger partial charge in [-0.15, -0.1) is 0 Å². The van der Waals surface area contributed by atoms with Crippen LogP contribution >= 0.6 is 11.6 Å². The fourth-order valence-corrected chi connectivity index (χ4v) is 2.46. The van der Waals surface area contributed by atoms with Gasteiger partial charge in [0.2, 0.25) is 0 Å². The largest absolute Gasteiger partial charge is 0.401 e. The van der Waals surface area contributed by atoms with Crippen molar-refractivity contribution in [1.82, 2.24) is 14.9 Å². The van der Waals surface area contributed by atoms with Crippen LogP contribution in [0.3, 0.4) is 0 Å². The van der Waals surface area contributed by atoms with Crippen LogP contribution in [0.1, 0.15) is 6.42 Å². The summed E-state index contributed by atoms with van der Waals surface area (Å²) in [6, 6.07) is -0.0876. The molecule has 0 saturated carbocycles. The van der Waals surface area contributed by atoms with Crippen molar-refractivity contribution in [1.29, 1.82) is 0 Å². The van der Waals surface area contributed by atoms with Crippen molar-refractivity contribution in [3.63, 3.8) is 0 Å². The monoisotopic (exact) mass is 309 g/mol. The van der Waals surface area contributed by atoms with Gasteiger partial charge in [-0.1, -0.05) is 11.6 Å². The Morgan fingerprint density at radius 2 is 2.20 bits per heavy atom. The number of likely N-dealkylation sites (tertiary alicyclic amines) is 1. The molecule has 112 valence electrons. The minimum atomic E-state index is -4.16. The number of rotatable bonds is 4. The third kappa shape index (κ3) is 3.86. The lowest BCUT2D eigenvalue weighted by Crippen LogP contribution is -2.34. The van der Waals surface area contributed by atoms with Gasteiger partial charge in [-0.2, -0.15) is 13.2 Å². The highest BCUT2D eigenvalue weighted by Gasteiger charge is 2.34. The predicted octanol–water partition coefficient (Wildman–Crippen LogP) is 2.22. The molecule has 1 saturated heterocycles. The Labute approximate surface area is 119 Å². The minimum Gasteiger partial charge on any atom is -0.383 e. The quantitative estimate of drug-likeness (QED) is 0.835. The topological polar surface area (TPSA) is 53.1 Å². The van der Waals surface area contributed by atoms with Crippen LogP contribution in [-0.2, 0) is 0 Å². The number of anilines is 2. The van der Waals surface area contributed by atoms with E-state index < -0.39 is 12.7 Å². The summed E-state index contributed by atoms with van der Waals surface area (Å²) in [4.78, 5) is 9.28. The number of nitrogens with zero attached hydrogens (tertiary/aromatic N) is 3. The first-order valence-electron chi connectivity index (χ1n) is 6.13. The van der Waals surface area contributed by atoms with Crippen molar-refractivity contribution in [2.45, 2.75) is 18.6 Å². The summed E-state index contributed by atoms with van der Waals surface area (Å²) in [5.41, 5.74) is 0.545. The third-order valence-corrected chi connectivity index (χ3v) is 3.35. The normalized spacial score (nSPS) is 20.1. The van der Waals surface area contributed by atoms with Gasteiger partial charge in [-0.25, -0.2) is 9.97 Å². The molecule has 0 amide bonds. The van der Waals surface area contributed by atoms with E-state index in [0.29, 0.717) is 31.0 Å². The summed E-state index contributed by atoms with van der Waals surface area (Å²) in [5, 5.41) is 6.26. The molecule has 2 rings (SSSR count). The molecule has 1 aromatic rings. The van der Waals surface area contributed by atoms with Crippen LogP contribution in [0.25, 0.3) is 0 Å². The third-order valence-electron chi connectivity index (χ3n) is 3.07. The number of nitrogens with one attached hydrogen (secondary N) is 2. The Balaban J connectivity index is 1.97. The molecule has 2 heterocycles. The van der Waals surface area contributed by atoms with Crippen LogP contribution in [0, 0.1) is 0 Å². The predicted molar refractivity (Wildman–Crippen MR) is 71.1 cm³/mol. The van der Waals surface area contributed by atoms with E-state index in [9.17, 15) is 13.2 Å². The minimum absolute atomic E-state index is 0.0876. The molecule has 2 N–H and O–H groups in total. The van der Waals surface area contributed by atoms with Crippen LogP contribution < -0.4 is 10.6 Å². The summed E-state index contributed by atoms with van der Waals surface area (Å²) < 4.78 is 37.0. The van der Waals surface area contributed by atoms with Gasteiger partial charge >= 0.3 is 6.18 Å². The first-order chi connectivity index (χ1) is 9.39. The molecular weight excluding hydrogens is 295 g/mol. The smallest absolute Gasteiger partial charge is 0.383 e. The lowest BCUT2D eigenvalue weighted by Gasteiger charge is -2.19. The lowest BCUT2D eigenvalue weighted by molar-refractivity contribution is -0.143. The van der Waals surface area contributed by atoms with Crippen LogP contribution in [0.4, 0.5) is 24.7 Å². The Morgan fingerprint density at radius 1 is 1.45 bits per heavy atom. The van der Waals surface area contributed by atoms with E-state index in [-0.39, 0.29) is 11.2 Å². The molecule has 0 aromatic carbocycles. The average molecular weight is 310 g/mol. The fraction of sp³-hybridized carbons (Fsp3) is 0.636. The van der Waals surface area contributed by atoms with E-state index in [4.69, 9.17) is 11.6 Å². The van der Waals surface area contributed by atoms with E-state index >= 15 is 0 Å². The van der Waals surface area contributed by atoms with Gasteiger partial charge in [-0.3, -0.25) is 4.90 Å². The highest BCUT2D eigenvalue weighted by Crippen LogP contribution is 2.27. The maximum atomic E-state index is 12.3. The van der Waals surface area contributed by atoms with Crippen molar-refractivity contribution in [2.24, 2.45) is 0 Å². The van der Waals surface area contributed by atoms with Gasteiger partial charge in [0.15, 0.2) is 11.0 Å². The van der Waals surface area contributed by atoms with E-state index in [2.05, 4.69) is 20.6 Å². The van der Waals surface area contributed by atoms with Gasteiger partial charge in [0.1, 0.15) is 12.0 Å². The van der Waals surface area contributed by atoms with Crippen molar-refractivity contribution < 1.29 is 13.2 Å². The first-order valence-corrected chi connectivity index (χ1v) is 6.50. The molecule has 0 spiro atoms. The number of hydrogen-bond acceptors (Lipinski definition) is 5. The second kappa shape index (κ2) is 6.01. The molecule has 0 radical (unpaired) electrons. The molecule has 1 fully saturated rings. The maximum absolute atomic E-state index is 12.3. The van der Waals surface area contributed by atoms with Gasteiger partial charge in [0.25, 0.3) is 0 Å². The van der Waals surface area contributed by atoms with Gasteiger partial charge in [0.05, 0.1) is 6.54 Å².